The zero-order valence-corrected chi connectivity index (χ0v) is 12.5. The molecule has 0 aliphatic heterocycles. The maximum absolute atomic E-state index is 12.7. The number of halogens is 3. The molecule has 21 heavy (non-hydrogen) atoms. The molecular formula is C16H24F3NO. The highest BCUT2D eigenvalue weighted by atomic mass is 19.4. The molecule has 0 saturated heterocycles. The van der Waals surface area contributed by atoms with Gasteiger partial charge < -0.3 is 10.5 Å². The lowest BCUT2D eigenvalue weighted by Crippen LogP contribution is -2.12. The van der Waals surface area contributed by atoms with E-state index in [2.05, 4.69) is 6.92 Å². The highest BCUT2D eigenvalue weighted by molar-refractivity contribution is 5.37. The second-order valence-corrected chi connectivity index (χ2v) is 5.14. The summed E-state index contributed by atoms with van der Waals surface area (Å²) in [7, 11) is 0. The SMILES string of the molecule is CCCCCCCCOc1ccc(C(F)(F)F)c(CN)c1. The molecule has 0 saturated carbocycles. The van der Waals surface area contributed by atoms with Crippen LogP contribution in [0.1, 0.15) is 56.6 Å². The van der Waals surface area contributed by atoms with Gasteiger partial charge >= 0.3 is 6.18 Å². The molecule has 0 aromatic heterocycles. The van der Waals surface area contributed by atoms with Crippen LogP contribution in [-0.2, 0) is 12.7 Å². The average Bonchev–Trinajstić information content (AvgIpc) is 2.45. The molecule has 0 unspecified atom stereocenters. The molecule has 0 spiro atoms. The summed E-state index contributed by atoms with van der Waals surface area (Å²) in [4.78, 5) is 0. The van der Waals surface area contributed by atoms with Gasteiger partial charge in [-0.2, -0.15) is 13.2 Å². The molecule has 1 aromatic rings. The van der Waals surface area contributed by atoms with Crippen molar-refractivity contribution in [3.05, 3.63) is 29.3 Å². The van der Waals surface area contributed by atoms with E-state index < -0.39 is 11.7 Å². The van der Waals surface area contributed by atoms with Gasteiger partial charge in [-0.15, -0.1) is 0 Å². The minimum atomic E-state index is -4.37. The molecule has 1 aromatic carbocycles. The molecule has 1 rings (SSSR count). The van der Waals surface area contributed by atoms with Crippen LogP contribution in [0.25, 0.3) is 0 Å². The number of alkyl halides is 3. The number of ether oxygens (including phenoxy) is 1. The van der Waals surface area contributed by atoms with Crippen molar-refractivity contribution in [3.63, 3.8) is 0 Å². The highest BCUT2D eigenvalue weighted by Crippen LogP contribution is 2.33. The molecule has 120 valence electrons. The Balaban J connectivity index is 2.43. The van der Waals surface area contributed by atoms with E-state index in [9.17, 15) is 13.2 Å². The number of hydrogen-bond donors (Lipinski definition) is 1. The second-order valence-electron chi connectivity index (χ2n) is 5.14. The molecule has 0 heterocycles. The van der Waals surface area contributed by atoms with E-state index in [1.807, 2.05) is 0 Å². The van der Waals surface area contributed by atoms with Gasteiger partial charge in [0.25, 0.3) is 0 Å². The molecule has 2 N–H and O–H groups in total. The van der Waals surface area contributed by atoms with E-state index in [0.717, 1.165) is 18.9 Å². The van der Waals surface area contributed by atoms with Gasteiger partial charge in [-0.25, -0.2) is 0 Å². The molecular weight excluding hydrogens is 279 g/mol. The van der Waals surface area contributed by atoms with E-state index in [1.54, 1.807) is 0 Å². The van der Waals surface area contributed by atoms with E-state index in [0.29, 0.717) is 12.4 Å². The number of nitrogens with two attached hydrogens (primary N) is 1. The number of unbranched alkanes of at least 4 members (excludes halogenated alkanes) is 5. The van der Waals surface area contributed by atoms with Gasteiger partial charge in [-0.05, 0) is 30.2 Å². The first kappa shape index (κ1) is 17.8. The fraction of sp³-hybridized carbons (Fsp3) is 0.625. The van der Waals surface area contributed by atoms with Crippen molar-refractivity contribution in [1.29, 1.82) is 0 Å². The summed E-state index contributed by atoms with van der Waals surface area (Å²) in [5.74, 6) is 0.456. The van der Waals surface area contributed by atoms with Crippen LogP contribution in [0.3, 0.4) is 0 Å². The maximum atomic E-state index is 12.7. The van der Waals surface area contributed by atoms with Gasteiger partial charge in [0.2, 0.25) is 0 Å². The Kier molecular flexibility index (Phi) is 7.57. The Morgan fingerprint density at radius 2 is 1.71 bits per heavy atom. The fourth-order valence-corrected chi connectivity index (χ4v) is 2.18. The number of benzene rings is 1. The normalized spacial score (nSPS) is 11.7. The molecule has 5 heteroatoms. The van der Waals surface area contributed by atoms with E-state index >= 15 is 0 Å². The largest absolute Gasteiger partial charge is 0.494 e. The van der Waals surface area contributed by atoms with Crippen LogP contribution in [0.5, 0.6) is 5.75 Å². The summed E-state index contributed by atoms with van der Waals surface area (Å²) in [6.07, 6.45) is 2.51. The first-order valence-electron chi connectivity index (χ1n) is 7.52. The topological polar surface area (TPSA) is 35.2 Å². The zero-order valence-electron chi connectivity index (χ0n) is 12.5. The van der Waals surface area contributed by atoms with Crippen LogP contribution < -0.4 is 10.5 Å². The molecule has 0 atom stereocenters. The lowest BCUT2D eigenvalue weighted by Gasteiger charge is -2.13. The third kappa shape index (κ3) is 6.38. The van der Waals surface area contributed by atoms with Crippen LogP contribution in [0.15, 0.2) is 18.2 Å². The van der Waals surface area contributed by atoms with Crippen molar-refractivity contribution >= 4 is 0 Å². The Hall–Kier alpha value is -1.23. The van der Waals surface area contributed by atoms with Crippen LogP contribution in [-0.4, -0.2) is 6.61 Å². The Labute approximate surface area is 124 Å². The summed E-state index contributed by atoms with van der Waals surface area (Å²) < 4.78 is 43.7. The summed E-state index contributed by atoms with van der Waals surface area (Å²) in [6.45, 7) is 2.55. The first-order chi connectivity index (χ1) is 9.99. The van der Waals surface area contributed by atoms with Crippen LogP contribution in [0, 0.1) is 0 Å². The monoisotopic (exact) mass is 303 g/mol. The van der Waals surface area contributed by atoms with E-state index in [1.165, 1.54) is 37.8 Å². The molecule has 0 fully saturated rings. The van der Waals surface area contributed by atoms with Crippen LogP contribution >= 0.6 is 0 Å². The lowest BCUT2D eigenvalue weighted by molar-refractivity contribution is -0.138. The Morgan fingerprint density at radius 1 is 1.05 bits per heavy atom. The lowest BCUT2D eigenvalue weighted by atomic mass is 10.1. The summed E-state index contributed by atoms with van der Waals surface area (Å²) in [6, 6.07) is 3.79. The van der Waals surface area contributed by atoms with Crippen molar-refractivity contribution in [2.45, 2.75) is 58.2 Å². The van der Waals surface area contributed by atoms with Crippen molar-refractivity contribution in [2.75, 3.05) is 6.61 Å². The van der Waals surface area contributed by atoms with Gasteiger partial charge in [0.1, 0.15) is 5.75 Å². The van der Waals surface area contributed by atoms with Crippen LogP contribution in [0.2, 0.25) is 0 Å². The van der Waals surface area contributed by atoms with Crippen molar-refractivity contribution in [1.82, 2.24) is 0 Å². The minimum Gasteiger partial charge on any atom is -0.494 e. The van der Waals surface area contributed by atoms with Crippen molar-refractivity contribution in [3.8, 4) is 5.75 Å². The number of hydrogen-bond acceptors (Lipinski definition) is 2. The summed E-state index contributed by atoms with van der Waals surface area (Å²) in [5, 5.41) is 0. The number of rotatable bonds is 9. The molecule has 2 nitrogen and oxygen atoms in total. The van der Waals surface area contributed by atoms with Gasteiger partial charge in [-0.3, -0.25) is 0 Å². The Morgan fingerprint density at radius 3 is 2.33 bits per heavy atom. The molecule has 0 aliphatic rings. The smallest absolute Gasteiger partial charge is 0.416 e. The first-order valence-corrected chi connectivity index (χ1v) is 7.52. The maximum Gasteiger partial charge on any atom is 0.416 e. The molecule has 0 bridgehead atoms. The van der Waals surface area contributed by atoms with Gasteiger partial charge in [-0.1, -0.05) is 39.0 Å². The van der Waals surface area contributed by atoms with Crippen LogP contribution in [0.4, 0.5) is 13.2 Å². The predicted molar refractivity (Wildman–Crippen MR) is 78.2 cm³/mol. The van der Waals surface area contributed by atoms with Gasteiger partial charge in [0, 0.05) is 6.54 Å². The van der Waals surface area contributed by atoms with Gasteiger partial charge in [0.05, 0.1) is 12.2 Å². The second kappa shape index (κ2) is 8.93. The molecule has 0 radical (unpaired) electrons. The minimum absolute atomic E-state index is 0.0722. The van der Waals surface area contributed by atoms with Crippen molar-refractivity contribution < 1.29 is 17.9 Å². The van der Waals surface area contributed by atoms with E-state index in [4.69, 9.17) is 10.5 Å². The quantitative estimate of drug-likeness (QED) is 0.658. The summed E-state index contributed by atoms with van der Waals surface area (Å²) in [5.41, 5.74) is 4.77. The third-order valence-corrected chi connectivity index (χ3v) is 3.37. The third-order valence-electron chi connectivity index (χ3n) is 3.37. The Bertz CT molecular complexity index is 418. The summed E-state index contributed by atoms with van der Waals surface area (Å²) >= 11 is 0. The van der Waals surface area contributed by atoms with E-state index in [-0.39, 0.29) is 12.1 Å². The predicted octanol–water partition coefficient (Wildman–Crippen LogP) is 4.90. The zero-order chi connectivity index (χ0) is 15.7. The molecule has 0 amide bonds. The van der Waals surface area contributed by atoms with Gasteiger partial charge in [0.15, 0.2) is 0 Å². The fourth-order valence-electron chi connectivity index (χ4n) is 2.18. The standard InChI is InChI=1S/C16H24F3NO/c1-2-3-4-5-6-7-10-21-14-8-9-15(16(17,18)19)13(11-14)12-20/h8-9,11H,2-7,10,12,20H2,1H3. The average molecular weight is 303 g/mol. The molecule has 0 aliphatic carbocycles. The van der Waals surface area contributed by atoms with Crippen molar-refractivity contribution in [2.24, 2.45) is 5.73 Å². The highest BCUT2D eigenvalue weighted by Gasteiger charge is 2.32.